The molecular weight excluding hydrogens is 628 g/mol. The van der Waals surface area contributed by atoms with E-state index in [1.807, 2.05) is 36.4 Å². The zero-order chi connectivity index (χ0) is 35.4. The quantitative estimate of drug-likeness (QED) is 0.0790. The fourth-order valence-corrected chi connectivity index (χ4v) is 6.17. The minimum atomic E-state index is -1.06. The molecule has 0 atom stereocenters. The molecule has 0 bridgehead atoms. The van der Waals surface area contributed by atoms with E-state index < -0.39 is 11.9 Å². The highest BCUT2D eigenvalue weighted by molar-refractivity contribution is 6.11. The first-order chi connectivity index (χ1) is 24.2. The number of carboxylic acids is 2. The molecule has 0 spiro atoms. The number of rotatable bonds is 11. The topological polar surface area (TPSA) is 176 Å². The van der Waals surface area contributed by atoms with Crippen LogP contribution in [-0.2, 0) is 12.8 Å². The van der Waals surface area contributed by atoms with E-state index >= 15 is 0 Å². The van der Waals surface area contributed by atoms with E-state index in [1.165, 1.54) is 12.1 Å². The highest BCUT2D eigenvalue weighted by Gasteiger charge is 2.16. The zero-order valence-corrected chi connectivity index (χ0v) is 27.7. The molecule has 0 aliphatic heterocycles. The molecule has 6 aromatic rings. The molecule has 0 aromatic heterocycles. The van der Waals surface area contributed by atoms with Crippen molar-refractivity contribution < 1.29 is 19.8 Å². The number of azo groups is 2. The lowest BCUT2D eigenvalue weighted by atomic mass is 9.96. The summed E-state index contributed by atoms with van der Waals surface area (Å²) in [5.74, 6) is -2.12. The summed E-state index contributed by atoms with van der Waals surface area (Å²) in [5, 5.41) is 39.9. The van der Waals surface area contributed by atoms with E-state index in [2.05, 4.69) is 46.4 Å². The van der Waals surface area contributed by atoms with Gasteiger partial charge in [0.2, 0.25) is 0 Å². The van der Waals surface area contributed by atoms with Crippen LogP contribution >= 0.6 is 0 Å². The van der Waals surface area contributed by atoms with Crippen molar-refractivity contribution in [3.63, 3.8) is 0 Å². The van der Waals surface area contributed by atoms with Gasteiger partial charge in [0.15, 0.2) is 0 Å². The van der Waals surface area contributed by atoms with Gasteiger partial charge in [-0.15, -0.1) is 10.2 Å². The number of fused-ring (bicyclic) bond motifs is 2. The van der Waals surface area contributed by atoms with Crippen LogP contribution in [0.5, 0.6) is 0 Å². The molecule has 10 nitrogen and oxygen atoms in total. The predicted octanol–water partition coefficient (Wildman–Crippen LogP) is 11.0. The number of hydrogen-bond donors (Lipinski definition) is 4. The highest BCUT2D eigenvalue weighted by atomic mass is 16.4. The normalized spacial score (nSPS) is 11.6. The third-order valence-electron chi connectivity index (χ3n) is 8.65. The lowest BCUT2D eigenvalue weighted by Crippen LogP contribution is -1.99. The van der Waals surface area contributed by atoms with Gasteiger partial charge in [-0.05, 0) is 82.3 Å². The standard InChI is InChI=1S/C40H36N6O4/c1-3-9-25-19-23(15-17-33(25)43-45-35-21-31(39(47)48)27-11-5-7-13-29(27)37(35)41)24-16-18-34(26(20-24)10-4-2)44-46-36-22-32(40(49)50)28-12-6-8-14-30(28)38(36)42/h5-8,11-22H,3-4,9-10,41-42H2,1-2H3,(H,47,48)(H,49,50). The average Bonchev–Trinajstić information content (AvgIpc) is 3.12. The monoisotopic (exact) mass is 664 g/mol. The Hall–Kier alpha value is -6.42. The van der Waals surface area contributed by atoms with Crippen molar-refractivity contribution in [2.45, 2.75) is 39.5 Å². The van der Waals surface area contributed by atoms with Crippen LogP contribution in [-0.4, -0.2) is 22.2 Å². The molecule has 0 aliphatic carbocycles. The van der Waals surface area contributed by atoms with Gasteiger partial charge in [-0.25, -0.2) is 9.59 Å². The first-order valence-corrected chi connectivity index (χ1v) is 16.4. The minimum Gasteiger partial charge on any atom is -0.478 e. The van der Waals surface area contributed by atoms with E-state index in [-0.39, 0.29) is 11.1 Å². The molecule has 10 heteroatoms. The second-order valence-corrected chi connectivity index (χ2v) is 12.0. The van der Waals surface area contributed by atoms with E-state index in [9.17, 15) is 19.8 Å². The van der Waals surface area contributed by atoms with Crippen molar-refractivity contribution in [2.24, 2.45) is 20.5 Å². The van der Waals surface area contributed by atoms with Crippen LogP contribution in [0.3, 0.4) is 0 Å². The molecular formula is C40H36N6O4. The largest absolute Gasteiger partial charge is 0.478 e. The molecule has 6 N–H and O–H groups in total. The van der Waals surface area contributed by atoms with Crippen molar-refractivity contribution in [3.05, 3.63) is 119 Å². The number of anilines is 2. The summed E-state index contributed by atoms with van der Waals surface area (Å²) in [7, 11) is 0. The Morgan fingerprint density at radius 3 is 1.24 bits per heavy atom. The van der Waals surface area contributed by atoms with Gasteiger partial charge in [-0.3, -0.25) is 0 Å². The number of nitrogens with two attached hydrogens (primary N) is 2. The first kappa shape index (κ1) is 33.5. The molecule has 50 heavy (non-hydrogen) atoms. The summed E-state index contributed by atoms with van der Waals surface area (Å²) >= 11 is 0. The number of carbonyl (C=O) groups is 2. The lowest BCUT2D eigenvalue weighted by Gasteiger charge is -2.12. The summed E-state index contributed by atoms with van der Waals surface area (Å²) in [6, 6.07) is 29.1. The predicted molar refractivity (Wildman–Crippen MR) is 199 cm³/mol. The molecule has 0 unspecified atom stereocenters. The van der Waals surface area contributed by atoms with Crippen LogP contribution in [0.15, 0.2) is 118 Å². The van der Waals surface area contributed by atoms with Gasteiger partial charge in [-0.1, -0.05) is 87.4 Å². The van der Waals surface area contributed by atoms with Gasteiger partial charge in [0.1, 0.15) is 11.4 Å². The maximum Gasteiger partial charge on any atom is 0.336 e. The Labute approximate surface area is 288 Å². The van der Waals surface area contributed by atoms with Crippen molar-refractivity contribution in [3.8, 4) is 11.1 Å². The van der Waals surface area contributed by atoms with Gasteiger partial charge in [0, 0.05) is 10.8 Å². The van der Waals surface area contributed by atoms with Crippen LogP contribution in [0.2, 0.25) is 0 Å². The Bertz CT molecular complexity index is 2180. The second kappa shape index (κ2) is 14.4. The van der Waals surface area contributed by atoms with E-state index in [1.54, 1.807) is 36.4 Å². The summed E-state index contributed by atoms with van der Waals surface area (Å²) in [4.78, 5) is 24.0. The number of benzene rings is 6. The van der Waals surface area contributed by atoms with E-state index in [4.69, 9.17) is 11.5 Å². The molecule has 0 saturated heterocycles. The van der Waals surface area contributed by atoms with Crippen molar-refractivity contribution >= 4 is 67.6 Å². The maximum atomic E-state index is 12.0. The fraction of sp³-hybridized carbons (Fsp3) is 0.150. The minimum absolute atomic E-state index is 0.115. The first-order valence-electron chi connectivity index (χ1n) is 16.4. The molecule has 6 aromatic carbocycles. The number of nitrogens with zero attached hydrogens (tertiary/aromatic N) is 4. The zero-order valence-electron chi connectivity index (χ0n) is 27.7. The molecule has 250 valence electrons. The number of carboxylic acid groups (broad SMARTS) is 2. The van der Waals surface area contributed by atoms with Gasteiger partial charge >= 0.3 is 11.9 Å². The molecule has 0 heterocycles. The van der Waals surface area contributed by atoms with Crippen molar-refractivity contribution in [1.29, 1.82) is 0 Å². The molecule has 0 aliphatic rings. The average molecular weight is 665 g/mol. The maximum absolute atomic E-state index is 12.0. The van der Waals surface area contributed by atoms with Crippen LogP contribution in [0.25, 0.3) is 32.7 Å². The number of nitrogen functional groups attached to an aromatic ring is 2. The van der Waals surface area contributed by atoms with E-state index in [0.717, 1.165) is 47.9 Å². The lowest BCUT2D eigenvalue weighted by molar-refractivity contribution is 0.0688. The van der Waals surface area contributed by atoms with E-state index in [0.29, 0.717) is 55.7 Å². The third-order valence-corrected chi connectivity index (χ3v) is 8.65. The summed E-state index contributed by atoms with van der Waals surface area (Å²) in [5.41, 5.74) is 19.7. The summed E-state index contributed by atoms with van der Waals surface area (Å²) in [6.07, 6.45) is 3.29. The van der Waals surface area contributed by atoms with Gasteiger partial charge in [0.25, 0.3) is 0 Å². The Morgan fingerprint density at radius 2 is 0.880 bits per heavy atom. The van der Waals surface area contributed by atoms with Crippen LogP contribution in [0.1, 0.15) is 58.5 Å². The van der Waals surface area contributed by atoms with Crippen molar-refractivity contribution in [2.75, 3.05) is 11.5 Å². The Kier molecular flexibility index (Phi) is 9.62. The second-order valence-electron chi connectivity index (χ2n) is 12.0. The highest BCUT2D eigenvalue weighted by Crippen LogP contribution is 2.38. The Balaban J connectivity index is 1.33. The van der Waals surface area contributed by atoms with Gasteiger partial charge in [-0.2, -0.15) is 10.2 Å². The van der Waals surface area contributed by atoms with Gasteiger partial charge in [0.05, 0.1) is 33.9 Å². The third kappa shape index (κ3) is 6.64. The van der Waals surface area contributed by atoms with Crippen LogP contribution in [0, 0.1) is 0 Å². The molecule has 0 fully saturated rings. The number of aryl methyl sites for hydroxylation is 2. The molecule has 0 amide bonds. The van der Waals surface area contributed by atoms with Crippen molar-refractivity contribution in [1.82, 2.24) is 0 Å². The fourth-order valence-electron chi connectivity index (χ4n) is 6.17. The van der Waals surface area contributed by atoms with Crippen LogP contribution in [0.4, 0.5) is 34.1 Å². The molecule has 0 saturated carbocycles. The SMILES string of the molecule is CCCc1cc(-c2ccc(N=Nc3cc(C(=O)O)c4ccccc4c3N)c(CCC)c2)ccc1N=Nc1cc(C(=O)O)c2ccccc2c1N. The number of aromatic carboxylic acids is 2. The Morgan fingerprint density at radius 1 is 0.520 bits per heavy atom. The molecule has 0 radical (unpaired) electrons. The molecule has 6 rings (SSSR count). The van der Waals surface area contributed by atoms with Gasteiger partial charge < -0.3 is 21.7 Å². The van der Waals surface area contributed by atoms with Crippen LogP contribution < -0.4 is 11.5 Å². The smallest absolute Gasteiger partial charge is 0.336 e. The summed E-state index contributed by atoms with van der Waals surface area (Å²) < 4.78 is 0. The number of hydrogen-bond acceptors (Lipinski definition) is 8. The summed E-state index contributed by atoms with van der Waals surface area (Å²) in [6.45, 7) is 4.18.